The fourth-order valence-corrected chi connectivity index (χ4v) is 3.57. The van der Waals surface area contributed by atoms with E-state index in [1.54, 1.807) is 27.8 Å². The highest BCUT2D eigenvalue weighted by Crippen LogP contribution is 2.19. The quantitative estimate of drug-likeness (QED) is 0.615. The molecule has 0 unspecified atom stereocenters. The summed E-state index contributed by atoms with van der Waals surface area (Å²) < 4.78 is 2.86. The van der Waals surface area contributed by atoms with Crippen LogP contribution in [-0.2, 0) is 13.6 Å². The van der Waals surface area contributed by atoms with Gasteiger partial charge in [0.1, 0.15) is 0 Å². The van der Waals surface area contributed by atoms with Crippen molar-refractivity contribution >= 4 is 39.0 Å². The number of aryl methyl sites for hydroxylation is 1. The molecule has 2 rings (SSSR count). The van der Waals surface area contributed by atoms with E-state index in [9.17, 15) is 0 Å². The molecule has 1 N–H and O–H groups in total. The first kappa shape index (κ1) is 14.0. The van der Waals surface area contributed by atoms with Gasteiger partial charge in [0.25, 0.3) is 0 Å². The lowest BCUT2D eigenvalue weighted by atomic mass is 10.4. The van der Waals surface area contributed by atoms with Crippen LogP contribution < -0.4 is 5.32 Å². The summed E-state index contributed by atoms with van der Waals surface area (Å²) in [5.41, 5.74) is 0. The van der Waals surface area contributed by atoms with Gasteiger partial charge in [-0.05, 0) is 45.4 Å². The molecule has 0 spiro atoms. The van der Waals surface area contributed by atoms with Crippen LogP contribution >= 0.6 is 39.0 Å². The lowest BCUT2D eigenvalue weighted by Crippen LogP contribution is -2.14. The van der Waals surface area contributed by atoms with E-state index >= 15 is 0 Å². The molecule has 0 bridgehead atoms. The molecule has 98 valence electrons. The minimum absolute atomic E-state index is 0.872. The molecule has 2 heterocycles. The van der Waals surface area contributed by atoms with Crippen LogP contribution in [0.4, 0.5) is 0 Å². The summed E-state index contributed by atoms with van der Waals surface area (Å²) in [5.74, 6) is 1.02. The summed E-state index contributed by atoms with van der Waals surface area (Å²) in [5, 5.41) is 17.7. The van der Waals surface area contributed by atoms with E-state index in [0.717, 1.165) is 34.9 Å². The van der Waals surface area contributed by atoms with Crippen molar-refractivity contribution in [2.45, 2.75) is 18.1 Å². The zero-order valence-corrected chi connectivity index (χ0v) is 13.2. The third-order valence-electron chi connectivity index (χ3n) is 2.23. The molecule has 0 saturated carbocycles. The van der Waals surface area contributed by atoms with E-state index in [0.29, 0.717) is 0 Å². The maximum absolute atomic E-state index is 3.92. The van der Waals surface area contributed by atoms with Gasteiger partial charge in [-0.1, -0.05) is 11.8 Å². The molecular weight excluding hydrogens is 334 g/mol. The molecule has 0 aromatic carbocycles. The van der Waals surface area contributed by atoms with Gasteiger partial charge in [0.05, 0.1) is 0 Å². The smallest absolute Gasteiger partial charge is 0.209 e. The van der Waals surface area contributed by atoms with Gasteiger partial charge >= 0.3 is 0 Å². The first-order chi connectivity index (χ1) is 8.75. The number of tetrazole rings is 1. The second-order valence-electron chi connectivity index (χ2n) is 3.70. The highest BCUT2D eigenvalue weighted by molar-refractivity contribution is 9.10. The standard InChI is InChI=1S/C10H14BrN5S2/c1-16-10(13-14-15-16)17-4-2-3-12-6-9-5-8(11)7-18-9/h5,7,12H,2-4,6H2,1H3. The molecule has 0 aliphatic heterocycles. The van der Waals surface area contributed by atoms with Crippen LogP contribution in [0.2, 0.25) is 0 Å². The summed E-state index contributed by atoms with van der Waals surface area (Å²) in [6.07, 6.45) is 1.10. The van der Waals surface area contributed by atoms with E-state index in [1.165, 1.54) is 4.88 Å². The van der Waals surface area contributed by atoms with E-state index in [1.807, 2.05) is 7.05 Å². The van der Waals surface area contributed by atoms with Crippen molar-refractivity contribution in [1.29, 1.82) is 0 Å². The number of hydrogen-bond acceptors (Lipinski definition) is 6. The second kappa shape index (κ2) is 7.22. The number of thiophene rings is 1. The minimum atomic E-state index is 0.872. The van der Waals surface area contributed by atoms with Gasteiger partial charge in [-0.2, -0.15) is 0 Å². The van der Waals surface area contributed by atoms with Gasteiger partial charge in [0.15, 0.2) is 0 Å². The second-order valence-corrected chi connectivity index (χ2v) is 6.67. The van der Waals surface area contributed by atoms with Crippen LogP contribution in [0.15, 0.2) is 21.1 Å². The number of nitrogens with zero attached hydrogens (tertiary/aromatic N) is 4. The summed E-state index contributed by atoms with van der Waals surface area (Å²) >= 11 is 6.91. The lowest BCUT2D eigenvalue weighted by molar-refractivity contribution is 0.661. The van der Waals surface area contributed by atoms with Gasteiger partial charge in [-0.3, -0.25) is 0 Å². The molecule has 0 atom stereocenters. The van der Waals surface area contributed by atoms with Crippen LogP contribution in [0.25, 0.3) is 0 Å². The van der Waals surface area contributed by atoms with Gasteiger partial charge in [-0.25, -0.2) is 4.68 Å². The van der Waals surface area contributed by atoms with Crippen molar-refractivity contribution in [2.75, 3.05) is 12.3 Å². The topological polar surface area (TPSA) is 55.6 Å². The lowest BCUT2D eigenvalue weighted by Gasteiger charge is -2.02. The highest BCUT2D eigenvalue weighted by atomic mass is 79.9. The molecule has 0 fully saturated rings. The molecule has 8 heteroatoms. The molecule has 18 heavy (non-hydrogen) atoms. The fourth-order valence-electron chi connectivity index (χ4n) is 1.36. The van der Waals surface area contributed by atoms with Crippen molar-refractivity contribution in [3.63, 3.8) is 0 Å². The van der Waals surface area contributed by atoms with Gasteiger partial charge in [0, 0.05) is 34.1 Å². The molecule has 0 saturated heterocycles. The monoisotopic (exact) mass is 347 g/mol. The molecule has 2 aromatic heterocycles. The Morgan fingerprint density at radius 3 is 3.11 bits per heavy atom. The Morgan fingerprint density at radius 2 is 2.44 bits per heavy atom. The Balaban J connectivity index is 1.55. The number of rotatable bonds is 7. The van der Waals surface area contributed by atoms with E-state index in [2.05, 4.69) is 48.2 Å². The van der Waals surface area contributed by atoms with Crippen molar-refractivity contribution in [2.24, 2.45) is 7.05 Å². The average Bonchev–Trinajstić information content (AvgIpc) is 2.93. The number of aromatic nitrogens is 4. The maximum Gasteiger partial charge on any atom is 0.209 e. The first-order valence-corrected chi connectivity index (χ1v) is 8.20. The highest BCUT2D eigenvalue weighted by Gasteiger charge is 2.02. The van der Waals surface area contributed by atoms with Crippen LogP contribution in [0.3, 0.4) is 0 Å². The van der Waals surface area contributed by atoms with Crippen LogP contribution in [-0.4, -0.2) is 32.5 Å². The van der Waals surface area contributed by atoms with Gasteiger partial charge in [0.2, 0.25) is 5.16 Å². The minimum Gasteiger partial charge on any atom is -0.312 e. The third-order valence-corrected chi connectivity index (χ3v) is 5.03. The Morgan fingerprint density at radius 1 is 1.56 bits per heavy atom. The van der Waals surface area contributed by atoms with Gasteiger partial charge < -0.3 is 5.32 Å². The van der Waals surface area contributed by atoms with E-state index < -0.39 is 0 Å². The Bertz CT molecular complexity index is 484. The summed E-state index contributed by atoms with van der Waals surface area (Å²) in [6, 6.07) is 2.15. The van der Waals surface area contributed by atoms with E-state index in [-0.39, 0.29) is 0 Å². The molecule has 0 aliphatic rings. The molecule has 5 nitrogen and oxygen atoms in total. The SMILES string of the molecule is Cn1nnnc1SCCCNCc1cc(Br)cs1. The van der Waals surface area contributed by atoms with Crippen molar-refractivity contribution in [3.8, 4) is 0 Å². The first-order valence-electron chi connectivity index (χ1n) is 5.54. The average molecular weight is 348 g/mol. The largest absolute Gasteiger partial charge is 0.312 e. The number of hydrogen-bond donors (Lipinski definition) is 1. The van der Waals surface area contributed by atoms with Crippen molar-refractivity contribution < 1.29 is 0 Å². The zero-order chi connectivity index (χ0) is 12.8. The van der Waals surface area contributed by atoms with E-state index in [4.69, 9.17) is 0 Å². The maximum atomic E-state index is 3.92. The Labute approximate surface area is 122 Å². The van der Waals surface area contributed by atoms with Crippen molar-refractivity contribution in [3.05, 3.63) is 20.8 Å². The van der Waals surface area contributed by atoms with Crippen LogP contribution in [0.5, 0.6) is 0 Å². The number of halogens is 1. The van der Waals surface area contributed by atoms with Crippen molar-refractivity contribution in [1.82, 2.24) is 25.5 Å². The number of thioether (sulfide) groups is 1. The zero-order valence-electron chi connectivity index (χ0n) is 9.97. The normalized spacial score (nSPS) is 11.0. The predicted molar refractivity (Wildman–Crippen MR) is 77.9 cm³/mol. The predicted octanol–water partition coefficient (Wildman–Crippen LogP) is 2.31. The summed E-state index contributed by atoms with van der Waals surface area (Å²) in [4.78, 5) is 1.35. The van der Waals surface area contributed by atoms with Crippen LogP contribution in [0.1, 0.15) is 11.3 Å². The molecule has 0 amide bonds. The Kier molecular flexibility index (Phi) is 5.61. The third kappa shape index (κ3) is 4.34. The number of nitrogens with one attached hydrogen (secondary N) is 1. The van der Waals surface area contributed by atoms with Crippen LogP contribution in [0, 0.1) is 0 Å². The molecule has 2 aromatic rings. The molecular formula is C10H14BrN5S2. The Hall–Kier alpha value is -0.440. The fraction of sp³-hybridized carbons (Fsp3) is 0.500. The van der Waals surface area contributed by atoms with Gasteiger partial charge in [-0.15, -0.1) is 16.4 Å². The molecule has 0 radical (unpaired) electrons. The summed E-state index contributed by atoms with van der Waals surface area (Å²) in [7, 11) is 1.86. The molecule has 0 aliphatic carbocycles. The summed E-state index contributed by atoms with van der Waals surface area (Å²) in [6.45, 7) is 1.94.